The summed E-state index contributed by atoms with van der Waals surface area (Å²) in [6, 6.07) is 15.9. The first kappa shape index (κ1) is 20.0. The summed E-state index contributed by atoms with van der Waals surface area (Å²) in [5, 5.41) is 0. The number of carbonyl (C=O) groups is 1. The molecule has 156 valence electrons. The first-order valence-corrected chi connectivity index (χ1v) is 10.6. The number of anilines is 1. The van der Waals surface area contributed by atoms with Crippen LogP contribution in [0, 0.1) is 0 Å². The molecule has 0 saturated carbocycles. The molecule has 1 aromatic heterocycles. The molecule has 30 heavy (non-hydrogen) atoms. The average molecular weight is 405 g/mol. The number of rotatable bonds is 6. The molecule has 1 N–H and O–H groups in total. The van der Waals surface area contributed by atoms with E-state index in [9.17, 15) is 4.79 Å². The molecule has 2 heterocycles. The van der Waals surface area contributed by atoms with Crippen molar-refractivity contribution in [1.82, 2.24) is 14.9 Å². The van der Waals surface area contributed by atoms with Crippen molar-refractivity contribution in [2.75, 3.05) is 37.7 Å². The van der Waals surface area contributed by atoms with Crippen molar-refractivity contribution in [3.8, 4) is 5.75 Å². The lowest BCUT2D eigenvalue weighted by atomic mass is 10.2. The molecule has 0 aliphatic carbocycles. The molecule has 1 aliphatic heterocycles. The van der Waals surface area contributed by atoms with Gasteiger partial charge in [-0.2, -0.15) is 0 Å². The second kappa shape index (κ2) is 9.48. The van der Waals surface area contributed by atoms with Crippen molar-refractivity contribution in [2.45, 2.75) is 19.8 Å². The number of hydrogen-bond acceptors (Lipinski definition) is 4. The minimum Gasteiger partial charge on any atom is -0.494 e. The number of imidazole rings is 1. The van der Waals surface area contributed by atoms with Crippen LogP contribution in [-0.2, 0) is 4.79 Å². The van der Waals surface area contributed by atoms with Crippen LogP contribution in [0.2, 0.25) is 0 Å². The van der Waals surface area contributed by atoms with Gasteiger partial charge in [0.25, 0.3) is 0 Å². The topological polar surface area (TPSA) is 61.5 Å². The van der Waals surface area contributed by atoms with Crippen LogP contribution < -0.4 is 9.64 Å². The number of nitrogens with zero attached hydrogens (tertiary/aromatic N) is 3. The summed E-state index contributed by atoms with van der Waals surface area (Å²) in [5.74, 6) is 1.79. The molecule has 1 fully saturated rings. The number of carbonyl (C=O) groups excluding carboxylic acids is 1. The zero-order valence-corrected chi connectivity index (χ0v) is 17.4. The number of fused-ring (bicyclic) bond motifs is 1. The maximum Gasteiger partial charge on any atom is 0.246 e. The number of aromatic nitrogens is 2. The highest BCUT2D eigenvalue weighted by molar-refractivity contribution is 5.91. The van der Waals surface area contributed by atoms with E-state index in [1.807, 2.05) is 59.5 Å². The molecule has 0 unspecified atom stereocenters. The van der Waals surface area contributed by atoms with Gasteiger partial charge in [-0.15, -0.1) is 0 Å². The fourth-order valence-corrected chi connectivity index (χ4v) is 3.61. The molecule has 1 aliphatic rings. The highest BCUT2D eigenvalue weighted by Gasteiger charge is 2.19. The van der Waals surface area contributed by atoms with Crippen LogP contribution in [-0.4, -0.2) is 53.6 Å². The van der Waals surface area contributed by atoms with Gasteiger partial charge in [-0.25, -0.2) is 4.98 Å². The third kappa shape index (κ3) is 4.82. The molecule has 6 nitrogen and oxygen atoms in total. The number of amides is 1. The molecule has 0 bridgehead atoms. The van der Waals surface area contributed by atoms with Crippen LogP contribution in [0.25, 0.3) is 17.1 Å². The zero-order valence-electron chi connectivity index (χ0n) is 17.4. The SMILES string of the molecule is CCCOc1ccc(/C=C/C(=O)N2CCCN(c3nc4ccccc4[nH]3)CC2)cc1. The minimum atomic E-state index is 0.0489. The molecule has 4 rings (SSSR count). The number of hydrogen-bond donors (Lipinski definition) is 1. The van der Waals surface area contributed by atoms with E-state index in [1.165, 1.54) is 0 Å². The summed E-state index contributed by atoms with van der Waals surface area (Å²) in [6.07, 6.45) is 5.44. The summed E-state index contributed by atoms with van der Waals surface area (Å²) in [6.45, 7) is 5.89. The largest absolute Gasteiger partial charge is 0.494 e. The third-order valence-corrected chi connectivity index (χ3v) is 5.26. The summed E-state index contributed by atoms with van der Waals surface area (Å²) >= 11 is 0. The Morgan fingerprint density at radius 3 is 2.73 bits per heavy atom. The van der Waals surface area contributed by atoms with Gasteiger partial charge >= 0.3 is 0 Å². The van der Waals surface area contributed by atoms with Gasteiger partial charge in [-0.1, -0.05) is 31.2 Å². The molecule has 1 saturated heterocycles. The maximum absolute atomic E-state index is 12.7. The summed E-state index contributed by atoms with van der Waals surface area (Å²) < 4.78 is 5.60. The zero-order chi connectivity index (χ0) is 20.8. The smallest absolute Gasteiger partial charge is 0.246 e. The van der Waals surface area contributed by atoms with E-state index in [4.69, 9.17) is 9.72 Å². The van der Waals surface area contributed by atoms with Crippen molar-refractivity contribution in [2.24, 2.45) is 0 Å². The molecule has 1 amide bonds. The number of ether oxygens (including phenoxy) is 1. The van der Waals surface area contributed by atoms with Gasteiger partial charge < -0.3 is 19.5 Å². The quantitative estimate of drug-likeness (QED) is 0.628. The van der Waals surface area contributed by atoms with Gasteiger partial charge in [0.2, 0.25) is 11.9 Å². The number of aromatic amines is 1. The molecule has 0 atom stereocenters. The fraction of sp³-hybridized carbons (Fsp3) is 0.333. The number of benzene rings is 2. The van der Waals surface area contributed by atoms with Crippen molar-refractivity contribution in [1.29, 1.82) is 0 Å². The number of H-pyrrole nitrogens is 1. The molecule has 6 heteroatoms. The Labute approximate surface area is 177 Å². The van der Waals surface area contributed by atoms with Gasteiger partial charge in [-0.3, -0.25) is 4.79 Å². The van der Waals surface area contributed by atoms with Crippen molar-refractivity contribution < 1.29 is 9.53 Å². The van der Waals surface area contributed by atoms with Crippen LogP contribution in [0.1, 0.15) is 25.3 Å². The van der Waals surface area contributed by atoms with Gasteiger partial charge in [0.1, 0.15) is 5.75 Å². The van der Waals surface area contributed by atoms with Crippen molar-refractivity contribution >= 4 is 29.0 Å². The molecule has 0 spiro atoms. The summed E-state index contributed by atoms with van der Waals surface area (Å²) in [5.41, 5.74) is 3.00. The monoisotopic (exact) mass is 404 g/mol. The van der Waals surface area contributed by atoms with E-state index < -0.39 is 0 Å². The van der Waals surface area contributed by atoms with E-state index in [2.05, 4.69) is 16.8 Å². The number of para-hydroxylation sites is 2. The van der Waals surface area contributed by atoms with E-state index in [0.29, 0.717) is 13.2 Å². The average Bonchev–Trinajstić information content (AvgIpc) is 3.06. The Balaban J connectivity index is 1.34. The Kier molecular flexibility index (Phi) is 6.32. The molecule has 0 radical (unpaired) electrons. The highest BCUT2D eigenvalue weighted by atomic mass is 16.5. The fourth-order valence-electron chi connectivity index (χ4n) is 3.61. The van der Waals surface area contributed by atoms with Gasteiger partial charge in [-0.05, 0) is 48.7 Å². The predicted octanol–water partition coefficient (Wildman–Crippen LogP) is 4.10. The molecular weight excluding hydrogens is 376 g/mol. The molecule has 2 aromatic carbocycles. The van der Waals surface area contributed by atoms with E-state index in [-0.39, 0.29) is 5.91 Å². The second-order valence-corrected chi connectivity index (χ2v) is 7.49. The molecule has 3 aromatic rings. The van der Waals surface area contributed by atoms with E-state index in [0.717, 1.165) is 60.8 Å². The lowest BCUT2D eigenvalue weighted by molar-refractivity contribution is -0.125. The Morgan fingerprint density at radius 1 is 1.10 bits per heavy atom. The van der Waals surface area contributed by atoms with Crippen LogP contribution in [0.4, 0.5) is 5.95 Å². The van der Waals surface area contributed by atoms with Crippen LogP contribution in [0.3, 0.4) is 0 Å². The normalized spacial score (nSPS) is 15.0. The van der Waals surface area contributed by atoms with Crippen molar-refractivity contribution in [3.63, 3.8) is 0 Å². The first-order valence-electron chi connectivity index (χ1n) is 10.6. The van der Waals surface area contributed by atoms with Crippen LogP contribution in [0.5, 0.6) is 5.75 Å². The van der Waals surface area contributed by atoms with Gasteiger partial charge in [0, 0.05) is 32.3 Å². The maximum atomic E-state index is 12.7. The third-order valence-electron chi connectivity index (χ3n) is 5.26. The Hall–Kier alpha value is -3.28. The molecular formula is C24H28N4O2. The number of nitrogens with one attached hydrogen (secondary N) is 1. The van der Waals surface area contributed by atoms with Gasteiger partial charge in [0.15, 0.2) is 0 Å². The minimum absolute atomic E-state index is 0.0489. The second-order valence-electron chi connectivity index (χ2n) is 7.49. The lowest BCUT2D eigenvalue weighted by Crippen LogP contribution is -2.34. The highest BCUT2D eigenvalue weighted by Crippen LogP contribution is 2.19. The summed E-state index contributed by atoms with van der Waals surface area (Å²) in [7, 11) is 0. The van der Waals surface area contributed by atoms with Crippen LogP contribution >= 0.6 is 0 Å². The van der Waals surface area contributed by atoms with E-state index >= 15 is 0 Å². The van der Waals surface area contributed by atoms with Crippen molar-refractivity contribution in [3.05, 3.63) is 60.2 Å². The standard InChI is InChI=1S/C24H28N4O2/c1-2-18-30-20-11-8-19(9-12-20)10-13-23(29)27-14-5-15-28(17-16-27)24-25-21-6-3-4-7-22(21)26-24/h3-4,6-13H,2,5,14-18H2,1H3,(H,25,26)/b13-10+. The predicted molar refractivity (Wildman–Crippen MR) is 121 cm³/mol. The Morgan fingerprint density at radius 2 is 1.93 bits per heavy atom. The van der Waals surface area contributed by atoms with Gasteiger partial charge in [0.05, 0.1) is 17.6 Å². The lowest BCUT2D eigenvalue weighted by Gasteiger charge is -2.20. The first-order chi connectivity index (χ1) is 14.7. The van der Waals surface area contributed by atoms with E-state index in [1.54, 1.807) is 6.08 Å². The Bertz CT molecular complexity index is 976. The van der Waals surface area contributed by atoms with Crippen LogP contribution in [0.15, 0.2) is 54.6 Å². The summed E-state index contributed by atoms with van der Waals surface area (Å²) in [4.78, 5) is 24.9.